The number of carbonyl (C=O) groups is 1. The van der Waals surface area contributed by atoms with Gasteiger partial charge in [0.1, 0.15) is 19.1 Å². The first-order valence-corrected chi connectivity index (χ1v) is 11.9. The van der Waals surface area contributed by atoms with Crippen LogP contribution in [0.4, 0.5) is 4.39 Å². The Morgan fingerprint density at radius 1 is 1.20 bits per heavy atom. The van der Waals surface area contributed by atoms with E-state index < -0.39 is 18.8 Å². The highest BCUT2D eigenvalue weighted by Gasteiger charge is 2.38. The van der Waals surface area contributed by atoms with E-state index in [-0.39, 0.29) is 17.9 Å². The summed E-state index contributed by atoms with van der Waals surface area (Å²) in [4.78, 5) is 24.3. The molecule has 2 atom stereocenters. The molecule has 0 aliphatic heterocycles. The number of benzene rings is 1. The molecular weight excluding hydrogens is 445 g/mol. The van der Waals surface area contributed by atoms with Gasteiger partial charge in [-0.25, -0.2) is 9.37 Å². The van der Waals surface area contributed by atoms with Gasteiger partial charge in [-0.05, 0) is 23.5 Å². The molecular formula is C27H36FN5O2. The van der Waals surface area contributed by atoms with Gasteiger partial charge < -0.3 is 19.9 Å². The van der Waals surface area contributed by atoms with E-state index in [4.69, 9.17) is 15.5 Å². The summed E-state index contributed by atoms with van der Waals surface area (Å²) in [5, 5.41) is 0. The fraction of sp³-hybridized carbons (Fsp3) is 0.444. The summed E-state index contributed by atoms with van der Waals surface area (Å²) < 4.78 is 20.4. The van der Waals surface area contributed by atoms with Crippen LogP contribution in [0.1, 0.15) is 44.6 Å². The zero-order valence-corrected chi connectivity index (χ0v) is 21.0. The van der Waals surface area contributed by atoms with Crippen LogP contribution in [-0.2, 0) is 16.1 Å². The number of imidazole rings is 1. The van der Waals surface area contributed by atoms with E-state index >= 15 is 0 Å². The molecule has 0 saturated heterocycles. The molecule has 2 heterocycles. The van der Waals surface area contributed by atoms with E-state index in [0.717, 1.165) is 22.6 Å². The number of hydrogen-bond donors (Lipinski definition) is 1. The lowest BCUT2D eigenvalue weighted by molar-refractivity contribution is -0.140. The third kappa shape index (κ3) is 6.96. The van der Waals surface area contributed by atoms with Crippen LogP contribution in [0.3, 0.4) is 0 Å². The molecule has 8 heteroatoms. The van der Waals surface area contributed by atoms with Crippen LogP contribution in [0.5, 0.6) is 0 Å². The Kier molecular flexibility index (Phi) is 9.12. The predicted molar refractivity (Wildman–Crippen MR) is 135 cm³/mol. The van der Waals surface area contributed by atoms with E-state index in [1.54, 1.807) is 11.1 Å². The van der Waals surface area contributed by atoms with E-state index in [9.17, 15) is 9.18 Å². The number of rotatable bonds is 11. The molecule has 35 heavy (non-hydrogen) atoms. The van der Waals surface area contributed by atoms with E-state index in [0.29, 0.717) is 19.5 Å². The normalized spacial score (nSPS) is 13.4. The Hall–Kier alpha value is -3.10. The Bertz CT molecular complexity index is 1070. The van der Waals surface area contributed by atoms with Crippen molar-refractivity contribution in [3.63, 3.8) is 0 Å². The van der Waals surface area contributed by atoms with Gasteiger partial charge in [0.25, 0.3) is 0 Å². The molecule has 1 aromatic carbocycles. The fourth-order valence-electron chi connectivity index (χ4n) is 4.19. The lowest BCUT2D eigenvalue weighted by atomic mass is 9.84. The number of carbonyl (C=O) groups excluding carboxylic acids is 1. The van der Waals surface area contributed by atoms with E-state index in [1.165, 1.54) is 7.11 Å². The first-order chi connectivity index (χ1) is 16.7. The third-order valence-electron chi connectivity index (χ3n) is 5.86. The van der Waals surface area contributed by atoms with Crippen molar-refractivity contribution < 1.29 is 13.9 Å². The second-order valence-electron chi connectivity index (χ2n) is 9.83. The van der Waals surface area contributed by atoms with Crippen LogP contribution >= 0.6 is 0 Å². The van der Waals surface area contributed by atoms with Gasteiger partial charge in [0.15, 0.2) is 0 Å². The SMILES string of the molecule is COCC(=O)N(CCC(N)CF)C(c1nc(-c2ccccc2)cn1Cc1cccnc1)C(C)(C)C. The number of hydrogen-bond acceptors (Lipinski definition) is 5. The third-order valence-corrected chi connectivity index (χ3v) is 5.86. The molecule has 0 saturated carbocycles. The topological polar surface area (TPSA) is 86.3 Å². The van der Waals surface area contributed by atoms with Crippen molar-refractivity contribution in [1.29, 1.82) is 0 Å². The molecule has 0 radical (unpaired) electrons. The zero-order valence-electron chi connectivity index (χ0n) is 21.0. The maximum absolute atomic E-state index is 13.3. The Morgan fingerprint density at radius 3 is 2.54 bits per heavy atom. The molecule has 0 aliphatic rings. The molecule has 0 fully saturated rings. The first kappa shape index (κ1) is 26.5. The molecule has 2 aromatic heterocycles. The molecule has 7 nitrogen and oxygen atoms in total. The fourth-order valence-corrected chi connectivity index (χ4v) is 4.19. The number of methoxy groups -OCH3 is 1. The maximum atomic E-state index is 13.3. The van der Waals surface area contributed by atoms with Crippen LogP contribution in [0.15, 0.2) is 61.1 Å². The van der Waals surface area contributed by atoms with Crippen molar-refractivity contribution in [3.8, 4) is 11.3 Å². The lowest BCUT2D eigenvalue weighted by Gasteiger charge is -2.40. The Labute approximate surface area is 207 Å². The number of halogens is 1. The smallest absolute Gasteiger partial charge is 0.249 e. The van der Waals surface area contributed by atoms with Gasteiger partial charge in [-0.15, -0.1) is 0 Å². The predicted octanol–water partition coefficient (Wildman–Crippen LogP) is 4.24. The van der Waals surface area contributed by atoms with Crippen LogP contribution < -0.4 is 5.73 Å². The zero-order chi connectivity index (χ0) is 25.4. The highest BCUT2D eigenvalue weighted by atomic mass is 19.1. The highest BCUT2D eigenvalue weighted by Crippen LogP contribution is 2.39. The number of pyridine rings is 1. The van der Waals surface area contributed by atoms with Gasteiger partial charge in [0.05, 0.1) is 18.3 Å². The lowest BCUT2D eigenvalue weighted by Crippen LogP contribution is -2.45. The molecule has 1 amide bonds. The van der Waals surface area contributed by atoms with Gasteiger partial charge in [-0.1, -0.05) is 57.2 Å². The minimum Gasteiger partial charge on any atom is -0.375 e. The minimum atomic E-state index is -0.639. The minimum absolute atomic E-state index is 0.0771. The van der Waals surface area contributed by atoms with Crippen molar-refractivity contribution in [3.05, 3.63) is 72.4 Å². The van der Waals surface area contributed by atoms with Gasteiger partial charge in [0, 0.05) is 43.9 Å². The Balaban J connectivity index is 2.13. The van der Waals surface area contributed by atoms with Crippen LogP contribution in [-0.4, -0.2) is 58.3 Å². The highest BCUT2D eigenvalue weighted by molar-refractivity contribution is 5.78. The maximum Gasteiger partial charge on any atom is 0.249 e. The number of amides is 1. The van der Waals surface area contributed by atoms with Gasteiger partial charge in [-0.2, -0.15) is 0 Å². The number of ether oxygens (including phenoxy) is 1. The molecule has 0 aliphatic carbocycles. The van der Waals surface area contributed by atoms with Crippen LogP contribution in [0.25, 0.3) is 11.3 Å². The molecule has 3 rings (SSSR count). The monoisotopic (exact) mass is 481 g/mol. The van der Waals surface area contributed by atoms with Gasteiger partial charge in [-0.3, -0.25) is 9.78 Å². The number of alkyl halides is 1. The first-order valence-electron chi connectivity index (χ1n) is 11.9. The number of nitrogens with zero attached hydrogens (tertiary/aromatic N) is 4. The molecule has 188 valence electrons. The van der Waals surface area contributed by atoms with Crippen molar-refractivity contribution in [1.82, 2.24) is 19.4 Å². The molecule has 0 spiro atoms. The van der Waals surface area contributed by atoms with E-state index in [1.807, 2.05) is 54.9 Å². The summed E-state index contributed by atoms with van der Waals surface area (Å²) in [6.45, 7) is 6.36. The Morgan fingerprint density at radius 2 is 1.94 bits per heavy atom. The van der Waals surface area contributed by atoms with Crippen molar-refractivity contribution >= 4 is 5.91 Å². The molecule has 2 unspecified atom stereocenters. The number of aromatic nitrogens is 3. The van der Waals surface area contributed by atoms with Gasteiger partial charge in [0.2, 0.25) is 5.91 Å². The van der Waals surface area contributed by atoms with Crippen LogP contribution in [0, 0.1) is 5.41 Å². The summed E-state index contributed by atoms with van der Waals surface area (Å²) in [6.07, 6.45) is 5.92. The summed E-state index contributed by atoms with van der Waals surface area (Å²) in [5.74, 6) is 0.564. The van der Waals surface area contributed by atoms with Crippen LogP contribution in [0.2, 0.25) is 0 Å². The summed E-state index contributed by atoms with van der Waals surface area (Å²) in [6, 6.07) is 12.8. The number of nitrogens with two attached hydrogens (primary N) is 1. The van der Waals surface area contributed by atoms with Gasteiger partial charge >= 0.3 is 0 Å². The van der Waals surface area contributed by atoms with Crippen molar-refractivity contribution in [2.75, 3.05) is 26.9 Å². The average molecular weight is 482 g/mol. The second kappa shape index (κ2) is 12.0. The standard InChI is InChI=1S/C27H36FN5O2/c1-27(2,3)25(33(24(34)19-35-4)14-12-22(29)15-28)26-31-23(21-10-6-5-7-11-21)18-32(26)17-20-9-8-13-30-16-20/h5-11,13,16,18,22,25H,12,14-15,17,19,29H2,1-4H3. The second-order valence-corrected chi connectivity index (χ2v) is 9.83. The molecule has 2 N–H and O–H groups in total. The van der Waals surface area contributed by atoms with Crippen molar-refractivity contribution in [2.45, 2.75) is 45.8 Å². The quantitative estimate of drug-likeness (QED) is 0.443. The average Bonchev–Trinajstić information content (AvgIpc) is 3.24. The largest absolute Gasteiger partial charge is 0.375 e. The molecule has 3 aromatic rings. The van der Waals surface area contributed by atoms with E-state index in [2.05, 4.69) is 30.3 Å². The molecule has 0 bridgehead atoms. The summed E-state index contributed by atoms with van der Waals surface area (Å²) in [5.41, 5.74) is 8.33. The summed E-state index contributed by atoms with van der Waals surface area (Å²) >= 11 is 0. The van der Waals surface area contributed by atoms with Crippen molar-refractivity contribution in [2.24, 2.45) is 11.1 Å². The summed E-state index contributed by atoms with van der Waals surface area (Å²) in [7, 11) is 1.49.